The van der Waals surface area contributed by atoms with Crippen molar-refractivity contribution in [3.63, 3.8) is 0 Å². The number of nitriles is 1. The summed E-state index contributed by atoms with van der Waals surface area (Å²) >= 11 is 0. The molecule has 0 fully saturated rings. The van der Waals surface area contributed by atoms with E-state index in [4.69, 9.17) is 5.26 Å². The number of aryl methyl sites for hydroxylation is 2. The van der Waals surface area contributed by atoms with Crippen LogP contribution in [-0.2, 0) is 6.42 Å². The minimum Gasteiger partial charge on any atom is -0.364 e. The van der Waals surface area contributed by atoms with E-state index >= 15 is 0 Å². The van der Waals surface area contributed by atoms with Crippen LogP contribution in [0, 0.1) is 18.3 Å². The molecule has 1 aromatic heterocycles. The fourth-order valence-electron chi connectivity index (χ4n) is 1.30. The van der Waals surface area contributed by atoms with E-state index in [-0.39, 0.29) is 0 Å². The Kier molecular flexibility index (Phi) is 2.93. The fourth-order valence-corrected chi connectivity index (χ4v) is 1.30. The topological polar surface area (TPSA) is 39.6 Å². The SMILES string of the molecule is CCCCc1c[nH]c(C)c1C#N. The maximum atomic E-state index is 8.82. The van der Waals surface area contributed by atoms with Gasteiger partial charge in [0.2, 0.25) is 0 Å². The molecule has 1 aromatic rings. The lowest BCUT2D eigenvalue weighted by atomic mass is 10.1. The summed E-state index contributed by atoms with van der Waals surface area (Å²) in [6.45, 7) is 4.10. The van der Waals surface area contributed by atoms with Gasteiger partial charge in [-0.05, 0) is 25.3 Å². The van der Waals surface area contributed by atoms with Gasteiger partial charge < -0.3 is 4.98 Å². The van der Waals surface area contributed by atoms with Crippen LogP contribution in [-0.4, -0.2) is 4.98 Å². The highest BCUT2D eigenvalue weighted by Crippen LogP contribution is 2.14. The monoisotopic (exact) mass is 162 g/mol. The molecule has 0 aromatic carbocycles. The Hall–Kier alpha value is -1.23. The minimum atomic E-state index is 0.837. The number of unbranched alkanes of at least 4 members (excludes halogenated alkanes) is 1. The number of aromatic nitrogens is 1. The van der Waals surface area contributed by atoms with Crippen molar-refractivity contribution in [2.45, 2.75) is 33.1 Å². The van der Waals surface area contributed by atoms with Crippen molar-refractivity contribution in [3.8, 4) is 6.07 Å². The molecule has 64 valence electrons. The van der Waals surface area contributed by atoms with Crippen molar-refractivity contribution in [2.75, 3.05) is 0 Å². The Bertz CT molecular complexity index is 291. The van der Waals surface area contributed by atoms with Crippen LogP contribution in [0.5, 0.6) is 0 Å². The molecule has 0 bridgehead atoms. The molecule has 0 amide bonds. The highest BCUT2D eigenvalue weighted by Gasteiger charge is 2.05. The number of aromatic amines is 1. The summed E-state index contributed by atoms with van der Waals surface area (Å²) in [5.74, 6) is 0. The summed E-state index contributed by atoms with van der Waals surface area (Å²) in [7, 11) is 0. The fraction of sp³-hybridized carbons (Fsp3) is 0.500. The van der Waals surface area contributed by atoms with Crippen LogP contribution in [0.2, 0.25) is 0 Å². The molecule has 12 heavy (non-hydrogen) atoms. The maximum Gasteiger partial charge on any atom is 0.101 e. The van der Waals surface area contributed by atoms with Crippen LogP contribution in [0.4, 0.5) is 0 Å². The lowest BCUT2D eigenvalue weighted by Gasteiger charge is -1.95. The third-order valence-electron chi connectivity index (χ3n) is 2.07. The van der Waals surface area contributed by atoms with E-state index in [2.05, 4.69) is 18.0 Å². The third-order valence-corrected chi connectivity index (χ3v) is 2.07. The molecule has 1 N–H and O–H groups in total. The molecule has 0 aliphatic rings. The molecule has 2 heteroatoms. The van der Waals surface area contributed by atoms with Crippen molar-refractivity contribution in [2.24, 2.45) is 0 Å². The lowest BCUT2D eigenvalue weighted by Crippen LogP contribution is -1.85. The van der Waals surface area contributed by atoms with Crippen LogP contribution in [0.3, 0.4) is 0 Å². The number of H-pyrrole nitrogens is 1. The average Bonchev–Trinajstić information content (AvgIpc) is 2.43. The van der Waals surface area contributed by atoms with E-state index in [0.717, 1.165) is 29.7 Å². The van der Waals surface area contributed by atoms with E-state index in [1.165, 1.54) is 6.42 Å². The minimum absolute atomic E-state index is 0.837. The van der Waals surface area contributed by atoms with Crippen molar-refractivity contribution < 1.29 is 0 Å². The van der Waals surface area contributed by atoms with Gasteiger partial charge in [-0.2, -0.15) is 5.26 Å². The molecular formula is C10H14N2. The second-order valence-corrected chi connectivity index (χ2v) is 3.03. The van der Waals surface area contributed by atoms with Crippen LogP contribution >= 0.6 is 0 Å². The second-order valence-electron chi connectivity index (χ2n) is 3.03. The molecular weight excluding hydrogens is 148 g/mol. The Balaban J connectivity index is 2.79. The van der Waals surface area contributed by atoms with Gasteiger partial charge >= 0.3 is 0 Å². The molecule has 0 atom stereocenters. The van der Waals surface area contributed by atoms with Crippen molar-refractivity contribution in [3.05, 3.63) is 23.0 Å². The molecule has 0 aliphatic carbocycles. The van der Waals surface area contributed by atoms with Gasteiger partial charge in [0, 0.05) is 11.9 Å². The smallest absolute Gasteiger partial charge is 0.101 e. The van der Waals surface area contributed by atoms with Crippen molar-refractivity contribution in [1.82, 2.24) is 4.98 Å². The maximum absolute atomic E-state index is 8.82. The zero-order valence-electron chi connectivity index (χ0n) is 7.65. The molecule has 0 saturated heterocycles. The largest absolute Gasteiger partial charge is 0.364 e. The first-order valence-electron chi connectivity index (χ1n) is 4.36. The predicted octanol–water partition coefficient (Wildman–Crippen LogP) is 2.54. The molecule has 0 radical (unpaired) electrons. The first-order valence-corrected chi connectivity index (χ1v) is 4.36. The van der Waals surface area contributed by atoms with Crippen molar-refractivity contribution in [1.29, 1.82) is 5.26 Å². The summed E-state index contributed by atoms with van der Waals surface area (Å²) in [6.07, 6.45) is 5.30. The van der Waals surface area contributed by atoms with Crippen LogP contribution < -0.4 is 0 Å². The summed E-state index contributed by atoms with van der Waals surface area (Å²) in [6, 6.07) is 2.22. The van der Waals surface area contributed by atoms with E-state index in [0.29, 0.717) is 0 Å². The van der Waals surface area contributed by atoms with Gasteiger partial charge in [0.05, 0.1) is 5.56 Å². The van der Waals surface area contributed by atoms with Gasteiger partial charge in [0.25, 0.3) is 0 Å². The van der Waals surface area contributed by atoms with Gasteiger partial charge in [-0.15, -0.1) is 0 Å². The van der Waals surface area contributed by atoms with Crippen molar-refractivity contribution >= 4 is 0 Å². The van der Waals surface area contributed by atoms with E-state index < -0.39 is 0 Å². The number of nitrogens with zero attached hydrogens (tertiary/aromatic N) is 1. The number of hydrogen-bond donors (Lipinski definition) is 1. The van der Waals surface area contributed by atoms with Crippen LogP contribution in [0.1, 0.15) is 36.6 Å². The normalized spacial score (nSPS) is 9.75. The zero-order chi connectivity index (χ0) is 8.97. The van der Waals surface area contributed by atoms with Gasteiger partial charge in [-0.1, -0.05) is 13.3 Å². The quantitative estimate of drug-likeness (QED) is 0.728. The Morgan fingerprint density at radius 2 is 2.33 bits per heavy atom. The summed E-state index contributed by atoms with van der Waals surface area (Å²) in [4.78, 5) is 3.07. The van der Waals surface area contributed by atoms with Gasteiger partial charge in [0.15, 0.2) is 0 Å². The molecule has 1 rings (SSSR count). The Labute approximate surface area is 73.2 Å². The van der Waals surface area contributed by atoms with Crippen LogP contribution in [0.25, 0.3) is 0 Å². The Morgan fingerprint density at radius 3 is 2.92 bits per heavy atom. The lowest BCUT2D eigenvalue weighted by molar-refractivity contribution is 0.794. The van der Waals surface area contributed by atoms with E-state index in [1.54, 1.807) is 0 Å². The molecule has 0 saturated carbocycles. The summed E-state index contributed by atoms with van der Waals surface area (Å²) < 4.78 is 0. The highest BCUT2D eigenvalue weighted by atomic mass is 14.7. The van der Waals surface area contributed by atoms with Crippen LogP contribution in [0.15, 0.2) is 6.20 Å². The average molecular weight is 162 g/mol. The number of hydrogen-bond acceptors (Lipinski definition) is 1. The molecule has 1 heterocycles. The van der Waals surface area contributed by atoms with Gasteiger partial charge in [-0.25, -0.2) is 0 Å². The Morgan fingerprint density at radius 1 is 1.58 bits per heavy atom. The van der Waals surface area contributed by atoms with E-state index in [1.807, 2.05) is 13.1 Å². The molecule has 2 nitrogen and oxygen atoms in total. The molecule has 0 aliphatic heterocycles. The summed E-state index contributed by atoms with van der Waals surface area (Å²) in [5, 5.41) is 8.82. The van der Waals surface area contributed by atoms with Gasteiger partial charge in [0.1, 0.15) is 6.07 Å². The highest BCUT2D eigenvalue weighted by molar-refractivity contribution is 5.40. The first-order chi connectivity index (χ1) is 5.79. The zero-order valence-corrected chi connectivity index (χ0v) is 7.65. The number of rotatable bonds is 3. The standard InChI is InChI=1S/C10H14N2/c1-3-4-5-9-7-12-8(2)10(9)6-11/h7,12H,3-5H2,1-2H3. The molecule has 0 spiro atoms. The van der Waals surface area contributed by atoms with Gasteiger partial charge in [-0.3, -0.25) is 0 Å². The summed E-state index contributed by atoms with van der Waals surface area (Å²) in [5.41, 5.74) is 2.99. The second kappa shape index (κ2) is 3.96. The first kappa shape index (κ1) is 8.86. The molecule has 0 unspecified atom stereocenters. The predicted molar refractivity (Wildman–Crippen MR) is 48.9 cm³/mol. The third kappa shape index (κ3) is 1.68. The van der Waals surface area contributed by atoms with E-state index in [9.17, 15) is 0 Å². The number of nitrogens with one attached hydrogen (secondary N) is 1.